The SMILES string of the molecule is Cc1cc2ncc(C3(O)CC4CCCC(C3)N4C(=O)OCC3c4ccccc4-c4ccccc43)cn2n1. The molecule has 4 heterocycles. The molecule has 2 fully saturated rings. The van der Waals surface area contributed by atoms with Crippen molar-refractivity contribution in [1.29, 1.82) is 0 Å². The summed E-state index contributed by atoms with van der Waals surface area (Å²) in [6.45, 7) is 2.24. The van der Waals surface area contributed by atoms with Gasteiger partial charge in [0.2, 0.25) is 0 Å². The Kier molecular flexibility index (Phi) is 5.11. The second kappa shape index (κ2) is 8.42. The van der Waals surface area contributed by atoms with Crippen LogP contribution in [-0.4, -0.2) is 49.4 Å². The van der Waals surface area contributed by atoms with Crippen molar-refractivity contribution in [2.24, 2.45) is 0 Å². The van der Waals surface area contributed by atoms with Gasteiger partial charge in [0.25, 0.3) is 0 Å². The van der Waals surface area contributed by atoms with Crippen molar-refractivity contribution in [3.05, 3.63) is 89.4 Å². The summed E-state index contributed by atoms with van der Waals surface area (Å²) < 4.78 is 7.76. The summed E-state index contributed by atoms with van der Waals surface area (Å²) >= 11 is 0. The highest BCUT2D eigenvalue weighted by Gasteiger charge is 2.49. The van der Waals surface area contributed by atoms with E-state index in [1.54, 1.807) is 10.7 Å². The van der Waals surface area contributed by atoms with Crippen molar-refractivity contribution in [2.75, 3.05) is 6.61 Å². The average molecular weight is 495 g/mol. The molecule has 7 nitrogen and oxygen atoms in total. The molecule has 0 radical (unpaired) electrons. The minimum Gasteiger partial charge on any atom is -0.448 e. The predicted molar refractivity (Wildman–Crippen MR) is 139 cm³/mol. The van der Waals surface area contributed by atoms with Crippen LogP contribution in [0.2, 0.25) is 0 Å². The lowest BCUT2D eigenvalue weighted by atomic mass is 9.73. The monoisotopic (exact) mass is 494 g/mol. The molecule has 0 spiro atoms. The number of ether oxygens (including phenoxy) is 1. The lowest BCUT2D eigenvalue weighted by Gasteiger charge is -2.51. The number of hydrogen-bond acceptors (Lipinski definition) is 5. The minimum atomic E-state index is -1.04. The van der Waals surface area contributed by atoms with Gasteiger partial charge in [0.05, 0.1) is 11.3 Å². The molecule has 2 atom stereocenters. The molecule has 1 N–H and O–H groups in total. The first kappa shape index (κ1) is 22.5. The number of aliphatic hydroxyl groups is 1. The maximum atomic E-state index is 13.5. The fourth-order valence-corrected chi connectivity index (χ4v) is 6.87. The quantitative estimate of drug-likeness (QED) is 0.424. The molecule has 2 aromatic carbocycles. The van der Waals surface area contributed by atoms with Crippen LogP contribution in [-0.2, 0) is 10.3 Å². The largest absolute Gasteiger partial charge is 0.448 e. The van der Waals surface area contributed by atoms with Gasteiger partial charge in [-0.25, -0.2) is 14.3 Å². The van der Waals surface area contributed by atoms with E-state index in [-0.39, 0.29) is 24.1 Å². The van der Waals surface area contributed by atoms with E-state index < -0.39 is 5.60 Å². The zero-order chi connectivity index (χ0) is 25.1. The number of nitrogens with zero attached hydrogens (tertiary/aromatic N) is 4. The summed E-state index contributed by atoms with van der Waals surface area (Å²) in [5.41, 5.74) is 6.22. The van der Waals surface area contributed by atoms with E-state index in [0.29, 0.717) is 19.4 Å². The standard InChI is InChI=1S/C30H30N4O3/c1-19-13-28-31-16-20(17-33(28)32-19)30(36)14-21-7-6-8-22(15-30)34(21)29(35)37-18-27-25-11-4-2-9-23(25)24-10-3-5-12-26(24)27/h2-5,9-13,16-17,21-22,27,36H,6-8,14-15,18H2,1H3. The second-order valence-corrected chi connectivity index (χ2v) is 10.8. The van der Waals surface area contributed by atoms with Crippen molar-refractivity contribution >= 4 is 11.7 Å². The van der Waals surface area contributed by atoms with Gasteiger partial charge in [-0.3, -0.25) is 0 Å². The molecule has 2 unspecified atom stereocenters. The van der Waals surface area contributed by atoms with Crippen molar-refractivity contribution in [3.8, 4) is 11.1 Å². The van der Waals surface area contributed by atoms with Crippen LogP contribution in [0.3, 0.4) is 0 Å². The topological polar surface area (TPSA) is 80.0 Å². The summed E-state index contributed by atoms with van der Waals surface area (Å²) in [5, 5.41) is 16.2. The number of benzene rings is 2. The minimum absolute atomic E-state index is 0.0354. The van der Waals surface area contributed by atoms with Crippen LogP contribution in [0.4, 0.5) is 4.79 Å². The Morgan fingerprint density at radius 1 is 1.05 bits per heavy atom. The number of hydrogen-bond donors (Lipinski definition) is 1. The zero-order valence-electron chi connectivity index (χ0n) is 20.9. The molecule has 37 heavy (non-hydrogen) atoms. The number of carbonyl (C=O) groups is 1. The van der Waals surface area contributed by atoms with Gasteiger partial charge in [0.15, 0.2) is 5.65 Å². The van der Waals surface area contributed by atoms with Crippen LogP contribution in [0.25, 0.3) is 16.8 Å². The molecule has 2 aliphatic heterocycles. The summed E-state index contributed by atoms with van der Waals surface area (Å²) in [7, 11) is 0. The first-order chi connectivity index (χ1) is 18.0. The van der Waals surface area contributed by atoms with Crippen molar-refractivity contribution < 1.29 is 14.6 Å². The van der Waals surface area contributed by atoms with Crippen LogP contribution in [0, 0.1) is 6.92 Å². The van der Waals surface area contributed by atoms with Gasteiger partial charge in [-0.05, 0) is 48.4 Å². The number of piperidine rings is 2. The van der Waals surface area contributed by atoms with Crippen molar-refractivity contribution in [1.82, 2.24) is 19.5 Å². The molecule has 3 aliphatic rings. The van der Waals surface area contributed by atoms with E-state index in [1.807, 2.05) is 36.2 Å². The van der Waals surface area contributed by atoms with E-state index in [4.69, 9.17) is 4.74 Å². The first-order valence-electron chi connectivity index (χ1n) is 13.2. The average Bonchev–Trinajstić information content (AvgIpc) is 3.43. The lowest BCUT2D eigenvalue weighted by molar-refractivity contribution is -0.0894. The number of aryl methyl sites for hydroxylation is 1. The Bertz CT molecular complexity index is 1450. The fraction of sp³-hybridized carbons (Fsp3) is 0.367. The molecule has 2 saturated heterocycles. The number of amides is 1. The van der Waals surface area contributed by atoms with Gasteiger partial charge >= 0.3 is 6.09 Å². The fourth-order valence-electron chi connectivity index (χ4n) is 6.87. The molecule has 2 aromatic heterocycles. The number of fused-ring (bicyclic) bond motifs is 6. The second-order valence-electron chi connectivity index (χ2n) is 10.8. The van der Waals surface area contributed by atoms with Gasteiger partial charge in [-0.1, -0.05) is 48.5 Å². The van der Waals surface area contributed by atoms with E-state index in [9.17, 15) is 9.90 Å². The summed E-state index contributed by atoms with van der Waals surface area (Å²) in [4.78, 5) is 19.9. The van der Waals surface area contributed by atoms with Gasteiger partial charge in [-0.15, -0.1) is 0 Å². The smallest absolute Gasteiger partial charge is 0.410 e. The van der Waals surface area contributed by atoms with Gasteiger partial charge in [0.1, 0.15) is 6.61 Å². The van der Waals surface area contributed by atoms with Gasteiger partial charge < -0.3 is 14.7 Å². The molecule has 1 aliphatic carbocycles. The summed E-state index contributed by atoms with van der Waals surface area (Å²) in [6, 6.07) is 18.5. The number of carbonyl (C=O) groups excluding carboxylic acids is 1. The maximum Gasteiger partial charge on any atom is 0.410 e. The van der Waals surface area contributed by atoms with Crippen LogP contribution >= 0.6 is 0 Å². The van der Waals surface area contributed by atoms with Crippen LogP contribution in [0.1, 0.15) is 60.4 Å². The van der Waals surface area contributed by atoms with E-state index in [1.165, 1.54) is 22.3 Å². The van der Waals surface area contributed by atoms with E-state index >= 15 is 0 Å². The number of aromatic nitrogens is 3. The Balaban J connectivity index is 1.11. The Morgan fingerprint density at radius 3 is 2.38 bits per heavy atom. The predicted octanol–water partition coefficient (Wildman–Crippen LogP) is 5.19. The highest BCUT2D eigenvalue weighted by Crippen LogP contribution is 2.46. The molecule has 7 rings (SSSR count). The third-order valence-electron chi connectivity index (χ3n) is 8.53. The summed E-state index contributed by atoms with van der Waals surface area (Å²) in [5.74, 6) is 0.0354. The summed E-state index contributed by atoms with van der Waals surface area (Å²) in [6.07, 6.45) is 7.09. The highest BCUT2D eigenvalue weighted by molar-refractivity contribution is 5.79. The molecular formula is C30H30N4O3. The first-order valence-corrected chi connectivity index (χ1v) is 13.2. The molecule has 0 saturated carbocycles. The number of rotatable bonds is 3. The third kappa shape index (κ3) is 3.63. The Morgan fingerprint density at radius 2 is 1.70 bits per heavy atom. The third-order valence-corrected chi connectivity index (χ3v) is 8.53. The molecular weight excluding hydrogens is 464 g/mol. The van der Waals surface area contributed by atoms with Crippen molar-refractivity contribution in [2.45, 2.75) is 62.6 Å². The van der Waals surface area contributed by atoms with Gasteiger partial charge in [-0.2, -0.15) is 5.10 Å². The normalized spacial score (nSPS) is 24.6. The molecule has 7 heteroatoms. The van der Waals surface area contributed by atoms with Crippen molar-refractivity contribution in [3.63, 3.8) is 0 Å². The Hall–Kier alpha value is -3.71. The van der Waals surface area contributed by atoms with Crippen LogP contribution < -0.4 is 0 Å². The zero-order valence-corrected chi connectivity index (χ0v) is 20.9. The Labute approximate surface area is 215 Å². The molecule has 188 valence electrons. The molecule has 2 bridgehead atoms. The van der Waals surface area contributed by atoms with Crippen LogP contribution in [0.15, 0.2) is 67.0 Å². The lowest BCUT2D eigenvalue weighted by Crippen LogP contribution is -2.59. The van der Waals surface area contributed by atoms with E-state index in [0.717, 1.165) is 36.2 Å². The molecule has 1 amide bonds. The van der Waals surface area contributed by atoms with E-state index in [2.05, 4.69) is 46.5 Å². The van der Waals surface area contributed by atoms with Crippen LogP contribution in [0.5, 0.6) is 0 Å². The van der Waals surface area contributed by atoms with Gasteiger partial charge in [0, 0.05) is 54.9 Å². The highest BCUT2D eigenvalue weighted by atomic mass is 16.6. The molecule has 4 aromatic rings. The maximum absolute atomic E-state index is 13.5.